The molecule has 0 aromatic carbocycles. The fourth-order valence-electron chi connectivity index (χ4n) is 1.81. The van der Waals surface area contributed by atoms with Gasteiger partial charge in [0.05, 0.1) is 5.56 Å². The van der Waals surface area contributed by atoms with Crippen molar-refractivity contribution in [2.24, 2.45) is 7.05 Å². The minimum Gasteiger partial charge on any atom is -0.360 e. The van der Waals surface area contributed by atoms with Crippen LogP contribution >= 0.6 is 0 Å². The van der Waals surface area contributed by atoms with Gasteiger partial charge in [-0.3, -0.25) is 0 Å². The third-order valence-electron chi connectivity index (χ3n) is 2.54. The summed E-state index contributed by atoms with van der Waals surface area (Å²) in [6.07, 6.45) is 7.04. The van der Waals surface area contributed by atoms with E-state index in [9.17, 15) is 0 Å². The fraction of sp³-hybridized carbons (Fsp3) is 0.300. The van der Waals surface area contributed by atoms with E-state index in [1.165, 1.54) is 11.3 Å². The summed E-state index contributed by atoms with van der Waals surface area (Å²) in [6.45, 7) is 0. The lowest BCUT2D eigenvalue weighted by Gasteiger charge is -2.02. The molecule has 0 amide bonds. The number of aryl methyl sites for hydroxylation is 1. The molecule has 0 spiro atoms. The number of ether oxygens (including phenoxy) is 1. The third-order valence-corrected chi connectivity index (χ3v) is 2.54. The summed E-state index contributed by atoms with van der Waals surface area (Å²) in [7, 11) is 2.06. The fourth-order valence-corrected chi connectivity index (χ4v) is 1.81. The molecule has 1 aliphatic carbocycles. The van der Waals surface area contributed by atoms with Gasteiger partial charge < -0.3 is 4.74 Å². The molecule has 2 heterocycles. The number of fused-ring (bicyclic) bond motifs is 3. The molecule has 60 valence electrons. The molecule has 1 aromatic rings. The van der Waals surface area contributed by atoms with Crippen LogP contribution in [0.15, 0.2) is 24.4 Å². The van der Waals surface area contributed by atoms with Crippen LogP contribution in [0.4, 0.5) is 0 Å². The summed E-state index contributed by atoms with van der Waals surface area (Å²) in [5.74, 6) is 0. The van der Waals surface area contributed by atoms with Crippen LogP contribution in [0.3, 0.4) is 0 Å². The Morgan fingerprint density at radius 1 is 1.50 bits per heavy atom. The highest BCUT2D eigenvalue weighted by Crippen LogP contribution is 2.43. The maximum Gasteiger partial charge on any atom is 0.210 e. The molecule has 3 rings (SSSR count). The molecule has 2 heteroatoms. The van der Waals surface area contributed by atoms with E-state index in [-0.39, 0.29) is 0 Å². The van der Waals surface area contributed by atoms with Crippen LogP contribution in [0.5, 0.6) is 0 Å². The van der Waals surface area contributed by atoms with Crippen LogP contribution in [0.1, 0.15) is 17.4 Å². The largest absolute Gasteiger partial charge is 0.360 e. The molecule has 0 N–H and O–H groups in total. The van der Waals surface area contributed by atoms with Gasteiger partial charge in [0.25, 0.3) is 0 Å². The molecule has 0 unspecified atom stereocenters. The van der Waals surface area contributed by atoms with Crippen molar-refractivity contribution in [3.8, 4) is 0 Å². The zero-order valence-corrected chi connectivity index (χ0v) is 6.90. The number of rotatable bonds is 0. The van der Waals surface area contributed by atoms with Gasteiger partial charge in [0.2, 0.25) is 5.69 Å². The van der Waals surface area contributed by atoms with E-state index in [0.717, 1.165) is 0 Å². The SMILES string of the molecule is C[n+]1cccc2c1C=C[C@@H]1O[C@H]21. The maximum atomic E-state index is 5.46. The highest BCUT2D eigenvalue weighted by molar-refractivity contribution is 5.54. The number of nitrogens with zero attached hydrogens (tertiary/aromatic N) is 1. The Balaban J connectivity index is 2.26. The van der Waals surface area contributed by atoms with E-state index in [2.05, 4.69) is 42.1 Å². The van der Waals surface area contributed by atoms with E-state index in [0.29, 0.717) is 12.2 Å². The highest BCUT2D eigenvalue weighted by Gasteiger charge is 2.43. The molecule has 0 bridgehead atoms. The highest BCUT2D eigenvalue weighted by atomic mass is 16.6. The molecule has 0 radical (unpaired) electrons. The molecule has 2 atom stereocenters. The lowest BCUT2D eigenvalue weighted by Crippen LogP contribution is -2.33. The van der Waals surface area contributed by atoms with Crippen LogP contribution in [0.25, 0.3) is 6.08 Å². The Labute approximate surface area is 71.1 Å². The van der Waals surface area contributed by atoms with Crippen LogP contribution in [0, 0.1) is 0 Å². The van der Waals surface area contributed by atoms with E-state index >= 15 is 0 Å². The van der Waals surface area contributed by atoms with Crippen molar-refractivity contribution in [3.05, 3.63) is 35.7 Å². The standard InChI is InChI=1S/C10H10NO/c1-11-6-2-3-7-8(11)4-5-9-10(7)12-9/h2-6,9-10H,1H3/q+1/t9-,10+/m0/s1. The van der Waals surface area contributed by atoms with Crippen molar-refractivity contribution in [3.63, 3.8) is 0 Å². The van der Waals surface area contributed by atoms with E-state index in [1.807, 2.05) is 0 Å². The average Bonchev–Trinajstić information content (AvgIpc) is 2.83. The summed E-state index contributed by atoms with van der Waals surface area (Å²) < 4.78 is 7.59. The van der Waals surface area contributed by atoms with Gasteiger partial charge in [-0.25, -0.2) is 4.57 Å². The van der Waals surface area contributed by atoms with Gasteiger partial charge in [0.1, 0.15) is 19.3 Å². The second kappa shape index (κ2) is 1.96. The lowest BCUT2D eigenvalue weighted by atomic mass is 10.0. The van der Waals surface area contributed by atoms with Crippen molar-refractivity contribution in [2.75, 3.05) is 0 Å². The number of pyridine rings is 1. The summed E-state index contributed by atoms with van der Waals surface area (Å²) >= 11 is 0. The number of aromatic nitrogens is 1. The first kappa shape index (κ1) is 6.38. The van der Waals surface area contributed by atoms with Crippen molar-refractivity contribution in [2.45, 2.75) is 12.2 Å². The molecule has 1 aliphatic heterocycles. The zero-order valence-electron chi connectivity index (χ0n) is 6.90. The second-order valence-electron chi connectivity index (χ2n) is 3.34. The smallest absolute Gasteiger partial charge is 0.210 e. The Morgan fingerprint density at radius 3 is 3.33 bits per heavy atom. The second-order valence-corrected chi connectivity index (χ2v) is 3.34. The quantitative estimate of drug-likeness (QED) is 0.408. The molecule has 1 fully saturated rings. The van der Waals surface area contributed by atoms with Crippen molar-refractivity contribution in [1.29, 1.82) is 0 Å². The molecule has 2 aliphatic rings. The average molecular weight is 160 g/mol. The number of epoxide rings is 1. The van der Waals surface area contributed by atoms with Crippen molar-refractivity contribution >= 4 is 6.08 Å². The minimum atomic E-state index is 0.345. The minimum absolute atomic E-state index is 0.345. The third kappa shape index (κ3) is 0.703. The molecule has 1 saturated heterocycles. The maximum absolute atomic E-state index is 5.46. The van der Waals surface area contributed by atoms with Gasteiger partial charge in [-0.05, 0) is 12.1 Å². The predicted octanol–water partition coefficient (Wildman–Crippen LogP) is 0.978. The topological polar surface area (TPSA) is 16.4 Å². The Kier molecular flexibility index (Phi) is 1.04. The molecular weight excluding hydrogens is 150 g/mol. The number of hydrogen-bond donors (Lipinski definition) is 0. The number of hydrogen-bond acceptors (Lipinski definition) is 1. The van der Waals surface area contributed by atoms with Gasteiger partial charge in [0.15, 0.2) is 6.20 Å². The Bertz CT molecular complexity index is 370. The first-order chi connectivity index (χ1) is 5.86. The van der Waals surface area contributed by atoms with Crippen LogP contribution in [-0.2, 0) is 11.8 Å². The van der Waals surface area contributed by atoms with E-state index in [1.54, 1.807) is 0 Å². The zero-order chi connectivity index (χ0) is 8.13. The summed E-state index contributed by atoms with van der Waals surface area (Å²) in [5.41, 5.74) is 2.60. The van der Waals surface area contributed by atoms with E-state index in [4.69, 9.17) is 4.74 Å². The molecule has 1 aromatic heterocycles. The van der Waals surface area contributed by atoms with Crippen molar-refractivity contribution in [1.82, 2.24) is 0 Å². The van der Waals surface area contributed by atoms with Gasteiger partial charge in [0, 0.05) is 12.1 Å². The molecule has 2 nitrogen and oxygen atoms in total. The summed E-state index contributed by atoms with van der Waals surface area (Å²) in [5, 5.41) is 0. The first-order valence-electron chi connectivity index (χ1n) is 4.18. The van der Waals surface area contributed by atoms with Gasteiger partial charge in [-0.2, -0.15) is 0 Å². The van der Waals surface area contributed by atoms with Crippen LogP contribution < -0.4 is 4.57 Å². The molecule has 12 heavy (non-hydrogen) atoms. The van der Waals surface area contributed by atoms with Gasteiger partial charge in [-0.15, -0.1) is 0 Å². The molecular formula is C10H10NO+. The van der Waals surface area contributed by atoms with Crippen molar-refractivity contribution < 1.29 is 9.30 Å². The van der Waals surface area contributed by atoms with Crippen LogP contribution in [0.2, 0.25) is 0 Å². The summed E-state index contributed by atoms with van der Waals surface area (Å²) in [4.78, 5) is 0. The van der Waals surface area contributed by atoms with Gasteiger partial charge >= 0.3 is 0 Å². The summed E-state index contributed by atoms with van der Waals surface area (Å²) in [6, 6.07) is 4.21. The Morgan fingerprint density at radius 2 is 2.42 bits per heavy atom. The molecule has 0 saturated carbocycles. The van der Waals surface area contributed by atoms with E-state index < -0.39 is 0 Å². The van der Waals surface area contributed by atoms with Gasteiger partial charge in [-0.1, -0.05) is 0 Å². The van der Waals surface area contributed by atoms with Crippen LogP contribution in [-0.4, -0.2) is 6.10 Å². The Hall–Kier alpha value is -1.15. The predicted molar refractivity (Wildman–Crippen MR) is 44.3 cm³/mol. The first-order valence-corrected chi connectivity index (χ1v) is 4.18. The normalized spacial score (nSPS) is 29.4. The lowest BCUT2D eigenvalue weighted by molar-refractivity contribution is -0.673. The monoisotopic (exact) mass is 160 g/mol.